The number of nitrogens with zero attached hydrogens (tertiary/aromatic N) is 1. The Morgan fingerprint density at radius 3 is 2.41 bits per heavy atom. The third kappa shape index (κ3) is 4.53. The number of nitrogens with one attached hydrogen (secondary N) is 2. The Hall–Kier alpha value is -3.13. The number of halogens is 1. The molecule has 0 unspecified atom stereocenters. The molecule has 0 aliphatic carbocycles. The minimum absolute atomic E-state index is 0.0319. The van der Waals surface area contributed by atoms with Gasteiger partial charge in [0.15, 0.2) is 0 Å². The largest absolute Gasteiger partial charge is 0.495 e. The highest BCUT2D eigenvalue weighted by Gasteiger charge is 2.14. The van der Waals surface area contributed by atoms with Gasteiger partial charge < -0.3 is 10.1 Å². The summed E-state index contributed by atoms with van der Waals surface area (Å²) in [6.45, 7) is 1.96. The summed E-state index contributed by atoms with van der Waals surface area (Å²) in [7, 11) is -2.24. The van der Waals surface area contributed by atoms with Crippen molar-refractivity contribution in [2.24, 2.45) is 0 Å². The molecule has 0 saturated heterocycles. The quantitative estimate of drug-likeness (QED) is 0.666. The molecule has 1 aromatic heterocycles. The second-order valence-electron chi connectivity index (χ2n) is 5.82. The minimum Gasteiger partial charge on any atom is -0.495 e. The van der Waals surface area contributed by atoms with Gasteiger partial charge in [0, 0.05) is 0 Å². The van der Waals surface area contributed by atoms with Crippen LogP contribution in [0.5, 0.6) is 5.75 Å². The SMILES string of the molecule is COc1ccc(C)cc1Nc1ccc(NS(=O)(=O)c2ccc(F)cc2)cn1. The molecule has 0 atom stereocenters. The van der Waals surface area contributed by atoms with Crippen LogP contribution in [0.2, 0.25) is 0 Å². The lowest BCUT2D eigenvalue weighted by atomic mass is 10.2. The van der Waals surface area contributed by atoms with Crippen LogP contribution in [0.4, 0.5) is 21.6 Å². The van der Waals surface area contributed by atoms with E-state index in [0.29, 0.717) is 17.3 Å². The molecule has 2 aromatic carbocycles. The number of hydrogen-bond acceptors (Lipinski definition) is 5. The van der Waals surface area contributed by atoms with Gasteiger partial charge in [-0.15, -0.1) is 0 Å². The summed E-state index contributed by atoms with van der Waals surface area (Å²) in [6, 6.07) is 13.5. The van der Waals surface area contributed by atoms with Gasteiger partial charge in [0.05, 0.1) is 29.6 Å². The van der Waals surface area contributed by atoms with Crippen LogP contribution >= 0.6 is 0 Å². The van der Waals surface area contributed by atoms with Crippen molar-refractivity contribution in [3.05, 3.63) is 72.2 Å². The van der Waals surface area contributed by atoms with Crippen molar-refractivity contribution in [3.8, 4) is 5.75 Å². The predicted molar refractivity (Wildman–Crippen MR) is 102 cm³/mol. The molecular weight excluding hydrogens is 369 g/mol. The zero-order valence-corrected chi connectivity index (χ0v) is 15.5. The molecule has 0 radical (unpaired) electrons. The van der Waals surface area contributed by atoms with E-state index in [4.69, 9.17) is 4.74 Å². The average molecular weight is 387 g/mol. The summed E-state index contributed by atoms with van der Waals surface area (Å²) >= 11 is 0. The number of sulfonamides is 1. The van der Waals surface area contributed by atoms with Crippen LogP contribution in [0.15, 0.2) is 65.7 Å². The average Bonchev–Trinajstić information content (AvgIpc) is 2.64. The molecule has 140 valence electrons. The van der Waals surface area contributed by atoms with E-state index in [0.717, 1.165) is 23.4 Å². The lowest BCUT2D eigenvalue weighted by molar-refractivity contribution is 0.416. The molecule has 0 saturated carbocycles. The highest BCUT2D eigenvalue weighted by atomic mass is 32.2. The van der Waals surface area contributed by atoms with Gasteiger partial charge in [0.25, 0.3) is 10.0 Å². The Morgan fingerprint density at radius 1 is 1.04 bits per heavy atom. The van der Waals surface area contributed by atoms with Gasteiger partial charge >= 0.3 is 0 Å². The van der Waals surface area contributed by atoms with Gasteiger partial charge in [-0.3, -0.25) is 4.72 Å². The van der Waals surface area contributed by atoms with Crippen molar-refractivity contribution >= 4 is 27.2 Å². The molecule has 3 rings (SSSR count). The number of anilines is 3. The molecule has 3 aromatic rings. The number of pyridine rings is 1. The summed E-state index contributed by atoms with van der Waals surface area (Å²) in [5.41, 5.74) is 2.10. The van der Waals surface area contributed by atoms with Gasteiger partial charge in [0.1, 0.15) is 17.4 Å². The van der Waals surface area contributed by atoms with E-state index in [1.807, 2.05) is 25.1 Å². The number of rotatable bonds is 6. The second-order valence-corrected chi connectivity index (χ2v) is 7.50. The van der Waals surface area contributed by atoms with E-state index < -0.39 is 15.8 Å². The molecule has 27 heavy (non-hydrogen) atoms. The van der Waals surface area contributed by atoms with E-state index in [-0.39, 0.29) is 4.90 Å². The second kappa shape index (κ2) is 7.63. The van der Waals surface area contributed by atoms with Gasteiger partial charge in [-0.25, -0.2) is 17.8 Å². The van der Waals surface area contributed by atoms with Crippen LogP contribution in [-0.4, -0.2) is 20.5 Å². The number of benzene rings is 2. The van der Waals surface area contributed by atoms with Gasteiger partial charge in [-0.1, -0.05) is 6.07 Å². The zero-order chi connectivity index (χ0) is 19.4. The number of aryl methyl sites for hydroxylation is 1. The molecule has 8 heteroatoms. The van der Waals surface area contributed by atoms with Crippen molar-refractivity contribution in [2.75, 3.05) is 17.1 Å². The normalized spacial score (nSPS) is 11.1. The fourth-order valence-corrected chi connectivity index (χ4v) is 3.46. The first-order valence-corrected chi connectivity index (χ1v) is 9.52. The van der Waals surface area contributed by atoms with Crippen LogP contribution in [0.1, 0.15) is 5.56 Å². The van der Waals surface area contributed by atoms with E-state index >= 15 is 0 Å². The van der Waals surface area contributed by atoms with Crippen LogP contribution in [-0.2, 0) is 10.0 Å². The van der Waals surface area contributed by atoms with Crippen LogP contribution < -0.4 is 14.8 Å². The fourth-order valence-electron chi connectivity index (χ4n) is 2.41. The van der Waals surface area contributed by atoms with Gasteiger partial charge in [-0.2, -0.15) is 0 Å². The summed E-state index contributed by atoms with van der Waals surface area (Å²) in [5.74, 6) is 0.699. The standard InChI is InChI=1S/C19H18FN3O3S/c1-13-3-9-18(26-2)17(11-13)22-19-10-6-15(12-21-19)23-27(24,25)16-7-4-14(20)5-8-16/h3-12,23H,1-2H3,(H,21,22). The van der Waals surface area contributed by atoms with E-state index in [1.165, 1.54) is 18.3 Å². The van der Waals surface area contributed by atoms with Crippen LogP contribution in [0, 0.1) is 12.7 Å². The third-order valence-electron chi connectivity index (χ3n) is 3.76. The summed E-state index contributed by atoms with van der Waals surface area (Å²) < 4.78 is 45.3. The topological polar surface area (TPSA) is 80.3 Å². The van der Waals surface area contributed by atoms with Crippen molar-refractivity contribution in [2.45, 2.75) is 11.8 Å². The summed E-state index contributed by atoms with van der Waals surface area (Å²) in [5, 5.41) is 3.14. The number of hydrogen-bond donors (Lipinski definition) is 2. The Labute approximate surface area is 157 Å². The Morgan fingerprint density at radius 2 is 1.78 bits per heavy atom. The van der Waals surface area contributed by atoms with Crippen molar-refractivity contribution in [3.63, 3.8) is 0 Å². The molecule has 0 fully saturated rings. The minimum atomic E-state index is -3.82. The Bertz CT molecular complexity index is 1040. The molecule has 1 heterocycles. The van der Waals surface area contributed by atoms with E-state index in [9.17, 15) is 12.8 Å². The summed E-state index contributed by atoms with van der Waals surface area (Å²) in [6.07, 6.45) is 1.39. The lowest BCUT2D eigenvalue weighted by Gasteiger charge is -2.12. The Balaban J connectivity index is 1.76. The fraction of sp³-hybridized carbons (Fsp3) is 0.105. The van der Waals surface area contributed by atoms with E-state index in [2.05, 4.69) is 15.0 Å². The van der Waals surface area contributed by atoms with Crippen molar-refractivity contribution in [1.82, 2.24) is 4.98 Å². The number of methoxy groups -OCH3 is 1. The van der Waals surface area contributed by atoms with Crippen molar-refractivity contribution in [1.29, 1.82) is 0 Å². The third-order valence-corrected chi connectivity index (χ3v) is 5.15. The zero-order valence-electron chi connectivity index (χ0n) is 14.7. The number of ether oxygens (including phenoxy) is 1. The molecule has 0 aliphatic rings. The molecule has 0 amide bonds. The molecule has 6 nitrogen and oxygen atoms in total. The lowest BCUT2D eigenvalue weighted by Crippen LogP contribution is -2.13. The van der Waals surface area contributed by atoms with Crippen LogP contribution in [0.25, 0.3) is 0 Å². The van der Waals surface area contributed by atoms with Crippen molar-refractivity contribution < 1.29 is 17.5 Å². The first-order valence-electron chi connectivity index (χ1n) is 8.03. The molecule has 0 spiro atoms. The number of aromatic nitrogens is 1. The first-order chi connectivity index (χ1) is 12.9. The maximum absolute atomic E-state index is 13.0. The monoisotopic (exact) mass is 387 g/mol. The smallest absolute Gasteiger partial charge is 0.261 e. The Kier molecular flexibility index (Phi) is 5.27. The molecular formula is C19H18FN3O3S. The van der Waals surface area contributed by atoms with Gasteiger partial charge in [-0.05, 0) is 61.0 Å². The van der Waals surface area contributed by atoms with E-state index in [1.54, 1.807) is 19.2 Å². The highest BCUT2D eigenvalue weighted by Crippen LogP contribution is 2.28. The maximum Gasteiger partial charge on any atom is 0.261 e. The van der Waals surface area contributed by atoms with Gasteiger partial charge in [0.2, 0.25) is 0 Å². The molecule has 0 aliphatic heterocycles. The highest BCUT2D eigenvalue weighted by molar-refractivity contribution is 7.92. The first kappa shape index (κ1) is 18.7. The molecule has 0 bridgehead atoms. The van der Waals surface area contributed by atoms with Crippen LogP contribution in [0.3, 0.4) is 0 Å². The predicted octanol–water partition coefficient (Wildman–Crippen LogP) is 4.08. The molecule has 2 N–H and O–H groups in total. The summed E-state index contributed by atoms with van der Waals surface area (Å²) in [4.78, 5) is 4.19. The maximum atomic E-state index is 13.0.